The highest BCUT2D eigenvalue weighted by atomic mass is 19.1. The van der Waals surface area contributed by atoms with Crippen molar-refractivity contribution in [3.63, 3.8) is 0 Å². The molecule has 0 amide bonds. The van der Waals surface area contributed by atoms with Gasteiger partial charge in [0.1, 0.15) is 18.2 Å². The molecule has 0 fully saturated rings. The lowest BCUT2D eigenvalue weighted by atomic mass is 10.1. The van der Waals surface area contributed by atoms with Crippen molar-refractivity contribution in [2.24, 2.45) is 4.99 Å². The van der Waals surface area contributed by atoms with E-state index in [1.165, 1.54) is 12.1 Å². The fourth-order valence-corrected chi connectivity index (χ4v) is 3.00. The first-order chi connectivity index (χ1) is 14.1. The molecular formula is C24H18FNO3. The zero-order chi connectivity index (χ0) is 20.2. The van der Waals surface area contributed by atoms with Crippen LogP contribution in [0.25, 0.3) is 6.08 Å². The molecule has 3 aromatic rings. The fourth-order valence-electron chi connectivity index (χ4n) is 3.00. The number of ether oxygens (including phenoxy) is 2. The maximum atomic E-state index is 14.0. The van der Waals surface area contributed by atoms with Crippen LogP contribution in [0.15, 0.2) is 83.5 Å². The Labute approximate surface area is 167 Å². The molecule has 0 saturated carbocycles. The third kappa shape index (κ3) is 4.24. The fraction of sp³-hybridized carbons (Fsp3) is 0.0833. The summed E-state index contributed by atoms with van der Waals surface area (Å²) in [4.78, 5) is 16.4. The maximum absolute atomic E-state index is 14.0. The molecule has 0 aliphatic carbocycles. The number of carbonyl (C=O) groups excluding carboxylic acids is 1. The summed E-state index contributed by atoms with van der Waals surface area (Å²) in [6.07, 6.45) is 1.59. The van der Waals surface area contributed by atoms with E-state index in [9.17, 15) is 9.18 Å². The predicted molar refractivity (Wildman–Crippen MR) is 109 cm³/mol. The van der Waals surface area contributed by atoms with Crippen LogP contribution in [-0.2, 0) is 16.1 Å². The minimum atomic E-state index is -0.628. The zero-order valence-electron chi connectivity index (χ0n) is 15.8. The van der Waals surface area contributed by atoms with Gasteiger partial charge in [0.25, 0.3) is 0 Å². The van der Waals surface area contributed by atoms with Crippen molar-refractivity contribution in [1.29, 1.82) is 0 Å². The van der Waals surface area contributed by atoms with Crippen molar-refractivity contribution in [1.82, 2.24) is 0 Å². The van der Waals surface area contributed by atoms with E-state index in [-0.39, 0.29) is 17.2 Å². The topological polar surface area (TPSA) is 47.9 Å². The average Bonchev–Trinajstić information content (AvgIpc) is 3.08. The summed E-state index contributed by atoms with van der Waals surface area (Å²) < 4.78 is 25.1. The normalized spacial score (nSPS) is 14.6. The number of cyclic esters (lactones) is 1. The van der Waals surface area contributed by atoms with E-state index in [1.807, 2.05) is 49.4 Å². The molecule has 0 radical (unpaired) electrons. The maximum Gasteiger partial charge on any atom is 0.363 e. The molecule has 3 aromatic carbocycles. The highest BCUT2D eigenvalue weighted by Gasteiger charge is 2.26. The first-order valence-electron chi connectivity index (χ1n) is 9.15. The number of para-hydroxylation sites is 1. The van der Waals surface area contributed by atoms with Crippen LogP contribution in [0.5, 0.6) is 5.75 Å². The molecule has 0 unspecified atom stereocenters. The molecule has 4 rings (SSSR count). The number of aryl methyl sites for hydroxylation is 1. The minimum Gasteiger partial charge on any atom is -0.488 e. The van der Waals surface area contributed by atoms with Crippen LogP contribution >= 0.6 is 0 Å². The quantitative estimate of drug-likeness (QED) is 0.454. The van der Waals surface area contributed by atoms with Gasteiger partial charge in [-0.3, -0.25) is 0 Å². The Morgan fingerprint density at radius 2 is 1.83 bits per heavy atom. The third-order valence-electron chi connectivity index (χ3n) is 4.41. The van der Waals surface area contributed by atoms with Gasteiger partial charge in [0, 0.05) is 5.56 Å². The van der Waals surface area contributed by atoms with Crippen molar-refractivity contribution >= 4 is 17.9 Å². The average molecular weight is 387 g/mol. The summed E-state index contributed by atoms with van der Waals surface area (Å²) in [5.41, 5.74) is 3.13. The molecule has 0 saturated heterocycles. The second-order valence-electron chi connectivity index (χ2n) is 6.63. The lowest BCUT2D eigenvalue weighted by molar-refractivity contribution is -0.129. The van der Waals surface area contributed by atoms with Crippen molar-refractivity contribution in [3.05, 3.63) is 107 Å². The molecule has 144 valence electrons. The second kappa shape index (κ2) is 8.10. The lowest BCUT2D eigenvalue weighted by Crippen LogP contribution is -2.07. The molecule has 29 heavy (non-hydrogen) atoms. The number of aliphatic imine (C=N–C) groups is 1. The number of rotatable bonds is 5. The van der Waals surface area contributed by atoms with Crippen LogP contribution in [-0.4, -0.2) is 11.9 Å². The van der Waals surface area contributed by atoms with Gasteiger partial charge in [-0.15, -0.1) is 0 Å². The van der Waals surface area contributed by atoms with Crippen LogP contribution < -0.4 is 4.74 Å². The molecule has 1 aliphatic rings. The van der Waals surface area contributed by atoms with Crippen LogP contribution in [0, 0.1) is 12.7 Å². The summed E-state index contributed by atoms with van der Waals surface area (Å²) in [6, 6.07) is 21.4. The third-order valence-corrected chi connectivity index (χ3v) is 4.41. The van der Waals surface area contributed by atoms with E-state index in [0.29, 0.717) is 17.9 Å². The van der Waals surface area contributed by atoms with Gasteiger partial charge >= 0.3 is 5.97 Å². The number of hydrogen-bond acceptors (Lipinski definition) is 4. The zero-order valence-corrected chi connectivity index (χ0v) is 15.8. The van der Waals surface area contributed by atoms with Gasteiger partial charge in [0.2, 0.25) is 5.90 Å². The number of nitrogens with zero attached hydrogens (tertiary/aromatic N) is 1. The van der Waals surface area contributed by atoms with Crippen molar-refractivity contribution in [2.75, 3.05) is 0 Å². The van der Waals surface area contributed by atoms with Gasteiger partial charge in [-0.1, -0.05) is 60.2 Å². The number of esters is 1. The Balaban J connectivity index is 1.60. The van der Waals surface area contributed by atoms with Gasteiger partial charge in [-0.2, -0.15) is 0 Å². The Morgan fingerprint density at radius 1 is 1.03 bits per heavy atom. The smallest absolute Gasteiger partial charge is 0.363 e. The summed E-state index contributed by atoms with van der Waals surface area (Å²) in [7, 11) is 0. The summed E-state index contributed by atoms with van der Waals surface area (Å²) in [5, 5.41) is 0. The van der Waals surface area contributed by atoms with Gasteiger partial charge in [0.05, 0.1) is 5.56 Å². The molecule has 1 heterocycles. The van der Waals surface area contributed by atoms with E-state index in [2.05, 4.69) is 11.1 Å². The standard InChI is InChI=1S/C24H18FNO3/c1-16-7-6-8-17(13-16)15-28-22-12-5-2-9-18(22)14-21-24(27)29-23(26-21)19-10-3-4-11-20(19)25/h2-14H,15H2,1H3/b21-14-. The highest BCUT2D eigenvalue weighted by molar-refractivity contribution is 6.13. The Kier molecular flexibility index (Phi) is 5.20. The second-order valence-corrected chi connectivity index (χ2v) is 6.63. The molecule has 0 aromatic heterocycles. The molecule has 5 heteroatoms. The first-order valence-corrected chi connectivity index (χ1v) is 9.15. The molecule has 1 aliphatic heterocycles. The number of halogens is 1. The number of hydrogen-bond donors (Lipinski definition) is 0. The van der Waals surface area contributed by atoms with E-state index in [1.54, 1.807) is 18.2 Å². The van der Waals surface area contributed by atoms with Gasteiger partial charge in [0.15, 0.2) is 5.70 Å². The Morgan fingerprint density at radius 3 is 2.66 bits per heavy atom. The van der Waals surface area contributed by atoms with E-state index in [4.69, 9.17) is 9.47 Å². The molecule has 0 spiro atoms. The van der Waals surface area contributed by atoms with Crippen molar-refractivity contribution in [2.45, 2.75) is 13.5 Å². The Bertz CT molecular complexity index is 1130. The van der Waals surface area contributed by atoms with Gasteiger partial charge in [-0.05, 0) is 36.8 Å². The van der Waals surface area contributed by atoms with Gasteiger partial charge in [-0.25, -0.2) is 14.2 Å². The molecule has 4 nitrogen and oxygen atoms in total. The van der Waals surface area contributed by atoms with E-state index in [0.717, 1.165) is 11.1 Å². The van der Waals surface area contributed by atoms with E-state index >= 15 is 0 Å². The van der Waals surface area contributed by atoms with Crippen LogP contribution in [0.1, 0.15) is 22.3 Å². The summed E-state index contributed by atoms with van der Waals surface area (Å²) in [5.74, 6) is -0.555. The van der Waals surface area contributed by atoms with Crippen LogP contribution in [0.2, 0.25) is 0 Å². The predicted octanol–water partition coefficient (Wildman–Crippen LogP) is 5.06. The Hall–Kier alpha value is -3.73. The number of benzene rings is 3. The van der Waals surface area contributed by atoms with Crippen molar-refractivity contribution < 1.29 is 18.7 Å². The molecule has 0 N–H and O–H groups in total. The summed E-state index contributed by atoms with van der Waals surface area (Å²) in [6.45, 7) is 2.43. The largest absolute Gasteiger partial charge is 0.488 e. The lowest BCUT2D eigenvalue weighted by Gasteiger charge is -2.09. The summed E-state index contributed by atoms with van der Waals surface area (Å²) >= 11 is 0. The first kappa shape index (κ1) is 18.6. The van der Waals surface area contributed by atoms with Crippen LogP contribution in [0.4, 0.5) is 4.39 Å². The van der Waals surface area contributed by atoms with Gasteiger partial charge < -0.3 is 9.47 Å². The van der Waals surface area contributed by atoms with Crippen molar-refractivity contribution in [3.8, 4) is 5.75 Å². The van der Waals surface area contributed by atoms with E-state index < -0.39 is 11.8 Å². The van der Waals surface area contributed by atoms with Crippen LogP contribution in [0.3, 0.4) is 0 Å². The number of carbonyl (C=O) groups is 1. The molecule has 0 atom stereocenters. The monoisotopic (exact) mass is 387 g/mol. The molecule has 0 bridgehead atoms. The minimum absolute atomic E-state index is 0.0440. The highest BCUT2D eigenvalue weighted by Crippen LogP contribution is 2.26. The SMILES string of the molecule is Cc1cccc(COc2ccccc2/C=C2\N=C(c3ccccc3F)OC2=O)c1. The molecular weight excluding hydrogens is 369 g/mol.